The Kier molecular flexibility index (Phi) is 2.89. The van der Waals surface area contributed by atoms with Crippen molar-refractivity contribution in [3.8, 4) is 0 Å². The number of nitrogens with one attached hydrogen (secondary N) is 1. The van der Waals surface area contributed by atoms with Gasteiger partial charge in [0.15, 0.2) is 0 Å². The number of hydrogen-bond donors (Lipinski definition) is 1. The van der Waals surface area contributed by atoms with Crippen LogP contribution in [0.5, 0.6) is 0 Å². The zero-order chi connectivity index (χ0) is 11.5. The topological polar surface area (TPSA) is 65.1 Å². The lowest BCUT2D eigenvalue weighted by molar-refractivity contribution is 0.000975. The second-order valence-corrected chi connectivity index (χ2v) is 4.10. The lowest BCUT2D eigenvalue weighted by atomic mass is 10.2. The zero-order valence-electron chi connectivity index (χ0n) is 9.37. The quantitative estimate of drug-likeness (QED) is 0.837. The number of ether oxygens (including phenoxy) is 1. The molecule has 0 bridgehead atoms. The van der Waals surface area contributed by atoms with Crippen LogP contribution in [0.1, 0.15) is 11.3 Å². The predicted molar refractivity (Wildman–Crippen MR) is 59.0 cm³/mol. The van der Waals surface area contributed by atoms with Gasteiger partial charge in [0.05, 0.1) is 43.7 Å². The second-order valence-electron chi connectivity index (χ2n) is 4.10. The Hall–Kier alpha value is -1.66. The molecule has 6 nitrogen and oxygen atoms in total. The van der Waals surface area contributed by atoms with Crippen LogP contribution in [0.3, 0.4) is 0 Å². The van der Waals surface area contributed by atoms with Crippen molar-refractivity contribution in [3.05, 3.63) is 36.0 Å². The highest BCUT2D eigenvalue weighted by Crippen LogP contribution is 2.10. The molecule has 1 aliphatic rings. The summed E-state index contributed by atoms with van der Waals surface area (Å²) in [6, 6.07) is 1.95. The number of nitrogens with zero attached hydrogens (tertiary/aromatic N) is 3. The summed E-state index contributed by atoms with van der Waals surface area (Å²) in [7, 11) is 0. The van der Waals surface area contributed by atoms with Crippen molar-refractivity contribution < 1.29 is 9.15 Å². The second kappa shape index (κ2) is 4.68. The highest BCUT2D eigenvalue weighted by Gasteiger charge is 2.19. The molecule has 0 aromatic carbocycles. The molecule has 3 heterocycles. The number of fused-ring (bicyclic) bond motifs is 1. The van der Waals surface area contributed by atoms with Crippen LogP contribution in [-0.2, 0) is 24.4 Å². The number of rotatable bonds is 4. The van der Waals surface area contributed by atoms with Crippen molar-refractivity contribution >= 4 is 0 Å². The van der Waals surface area contributed by atoms with Gasteiger partial charge in [0.1, 0.15) is 0 Å². The Morgan fingerprint density at radius 3 is 3.41 bits per heavy atom. The fourth-order valence-electron chi connectivity index (χ4n) is 1.89. The molecule has 17 heavy (non-hydrogen) atoms. The smallest absolute Gasteiger partial charge is 0.0947 e. The molecule has 2 aromatic heterocycles. The van der Waals surface area contributed by atoms with E-state index < -0.39 is 0 Å². The Morgan fingerprint density at radius 2 is 2.53 bits per heavy atom. The minimum atomic E-state index is 0.149. The van der Waals surface area contributed by atoms with Crippen molar-refractivity contribution in [1.29, 1.82) is 0 Å². The van der Waals surface area contributed by atoms with Gasteiger partial charge in [-0.3, -0.25) is 0 Å². The maximum Gasteiger partial charge on any atom is 0.0947 e. The van der Waals surface area contributed by atoms with Gasteiger partial charge in [0.25, 0.3) is 0 Å². The van der Waals surface area contributed by atoms with Crippen LogP contribution in [0.2, 0.25) is 0 Å². The highest BCUT2D eigenvalue weighted by molar-refractivity contribution is 5.04. The molecule has 1 aliphatic heterocycles. The van der Waals surface area contributed by atoms with Crippen LogP contribution in [0.4, 0.5) is 0 Å². The van der Waals surface area contributed by atoms with Crippen molar-refractivity contribution in [3.63, 3.8) is 0 Å². The monoisotopic (exact) mass is 234 g/mol. The first-order chi connectivity index (χ1) is 8.42. The van der Waals surface area contributed by atoms with Gasteiger partial charge >= 0.3 is 0 Å². The van der Waals surface area contributed by atoms with Crippen molar-refractivity contribution in [1.82, 2.24) is 20.3 Å². The summed E-state index contributed by atoms with van der Waals surface area (Å²) in [5.74, 6) is 0. The molecule has 3 rings (SSSR count). The Morgan fingerprint density at radius 1 is 1.53 bits per heavy atom. The van der Waals surface area contributed by atoms with Crippen LogP contribution < -0.4 is 5.32 Å². The van der Waals surface area contributed by atoms with E-state index in [4.69, 9.17) is 9.15 Å². The van der Waals surface area contributed by atoms with E-state index in [1.54, 1.807) is 18.7 Å². The predicted octanol–water partition coefficient (Wildman–Crippen LogP) is 0.560. The molecule has 1 unspecified atom stereocenters. The molecule has 6 heteroatoms. The van der Waals surface area contributed by atoms with Gasteiger partial charge in [-0.2, -0.15) is 0 Å². The fraction of sp³-hybridized carbons (Fsp3) is 0.455. The third-order valence-corrected chi connectivity index (χ3v) is 2.82. The number of furan rings is 1. The first-order valence-corrected chi connectivity index (χ1v) is 5.62. The average molecular weight is 234 g/mol. The van der Waals surface area contributed by atoms with Crippen molar-refractivity contribution in [2.45, 2.75) is 25.8 Å². The largest absolute Gasteiger partial charge is 0.472 e. The first kappa shape index (κ1) is 10.5. The minimum absolute atomic E-state index is 0.149. The summed E-state index contributed by atoms with van der Waals surface area (Å²) in [6.45, 7) is 2.93. The minimum Gasteiger partial charge on any atom is -0.472 e. The summed E-state index contributed by atoms with van der Waals surface area (Å²) < 4.78 is 12.6. The molecular formula is C11H14N4O2. The summed E-state index contributed by atoms with van der Waals surface area (Å²) in [5.41, 5.74) is 2.18. The van der Waals surface area contributed by atoms with E-state index in [1.165, 1.54) is 0 Å². The zero-order valence-corrected chi connectivity index (χ0v) is 9.37. The van der Waals surface area contributed by atoms with E-state index in [0.717, 1.165) is 30.9 Å². The van der Waals surface area contributed by atoms with Crippen LogP contribution in [0.25, 0.3) is 0 Å². The van der Waals surface area contributed by atoms with Gasteiger partial charge in [-0.1, -0.05) is 5.21 Å². The average Bonchev–Trinajstić information content (AvgIpc) is 2.98. The molecule has 2 aromatic rings. The highest BCUT2D eigenvalue weighted by atomic mass is 16.5. The third-order valence-electron chi connectivity index (χ3n) is 2.82. The molecule has 0 saturated heterocycles. The molecule has 0 radical (unpaired) electrons. The Bertz CT molecular complexity index is 466. The van der Waals surface area contributed by atoms with Crippen LogP contribution >= 0.6 is 0 Å². The number of hydrogen-bond acceptors (Lipinski definition) is 5. The molecule has 0 fully saturated rings. The third kappa shape index (κ3) is 2.37. The Balaban J connectivity index is 1.48. The molecule has 1 atom stereocenters. The number of aromatic nitrogens is 3. The standard InChI is InChI=1S/C11H14N4O2/c1-2-16-7-9(1)3-12-5-11-6-15-10(8-17-11)4-13-14-15/h1-2,4,7,11-12H,3,5-6,8H2. The van der Waals surface area contributed by atoms with Crippen LogP contribution in [-0.4, -0.2) is 27.6 Å². The van der Waals surface area contributed by atoms with E-state index in [0.29, 0.717) is 6.61 Å². The van der Waals surface area contributed by atoms with E-state index >= 15 is 0 Å². The molecule has 0 saturated carbocycles. The molecule has 0 amide bonds. The van der Waals surface area contributed by atoms with E-state index in [-0.39, 0.29) is 6.10 Å². The maximum atomic E-state index is 5.70. The summed E-state index contributed by atoms with van der Waals surface area (Å²) in [5, 5.41) is 11.2. The molecule has 1 N–H and O–H groups in total. The van der Waals surface area contributed by atoms with Crippen LogP contribution in [0, 0.1) is 0 Å². The van der Waals surface area contributed by atoms with Crippen molar-refractivity contribution in [2.24, 2.45) is 0 Å². The van der Waals surface area contributed by atoms with Gasteiger partial charge < -0.3 is 14.5 Å². The first-order valence-electron chi connectivity index (χ1n) is 5.62. The van der Waals surface area contributed by atoms with Gasteiger partial charge in [-0.05, 0) is 6.07 Å². The summed E-state index contributed by atoms with van der Waals surface area (Å²) in [4.78, 5) is 0. The van der Waals surface area contributed by atoms with Crippen LogP contribution in [0.15, 0.2) is 29.2 Å². The lowest BCUT2D eigenvalue weighted by Gasteiger charge is -2.23. The van der Waals surface area contributed by atoms with Crippen molar-refractivity contribution in [2.75, 3.05) is 6.54 Å². The van der Waals surface area contributed by atoms with Gasteiger partial charge in [-0.25, -0.2) is 4.68 Å². The van der Waals surface area contributed by atoms with Gasteiger partial charge in [0.2, 0.25) is 0 Å². The summed E-state index contributed by atoms with van der Waals surface area (Å²) >= 11 is 0. The van der Waals surface area contributed by atoms with E-state index in [9.17, 15) is 0 Å². The van der Waals surface area contributed by atoms with Gasteiger partial charge in [-0.15, -0.1) is 5.10 Å². The molecular weight excluding hydrogens is 220 g/mol. The normalized spacial score (nSPS) is 19.2. The Labute approximate surface area is 98.6 Å². The van der Waals surface area contributed by atoms with E-state index in [2.05, 4.69) is 15.6 Å². The fourth-order valence-corrected chi connectivity index (χ4v) is 1.89. The van der Waals surface area contributed by atoms with Gasteiger partial charge in [0, 0.05) is 18.7 Å². The molecule has 0 spiro atoms. The maximum absolute atomic E-state index is 5.70. The lowest BCUT2D eigenvalue weighted by Crippen LogP contribution is -2.36. The van der Waals surface area contributed by atoms with E-state index in [1.807, 2.05) is 10.7 Å². The molecule has 0 aliphatic carbocycles. The SMILES string of the molecule is c1cc(CNCC2Cn3nncc3CO2)co1. The summed E-state index contributed by atoms with van der Waals surface area (Å²) in [6.07, 6.45) is 5.31. The molecule has 90 valence electrons.